The molecule has 0 spiro atoms. The molecule has 2 aliphatic heterocycles. The van der Waals surface area contributed by atoms with E-state index in [1.807, 2.05) is 91.0 Å². The van der Waals surface area contributed by atoms with Gasteiger partial charge in [0.25, 0.3) is 5.91 Å². The Morgan fingerprint density at radius 3 is 2.43 bits per heavy atom. The van der Waals surface area contributed by atoms with E-state index in [1.54, 1.807) is 17.9 Å². The van der Waals surface area contributed by atoms with Crippen molar-refractivity contribution in [2.24, 2.45) is 0 Å². The van der Waals surface area contributed by atoms with Crippen LogP contribution in [0.1, 0.15) is 24.1 Å². The first-order valence-electron chi connectivity index (χ1n) is 12.2. The third kappa shape index (κ3) is 3.80. The predicted octanol–water partition coefficient (Wildman–Crippen LogP) is 4.77. The molecule has 4 aromatic rings. The van der Waals surface area contributed by atoms with Crippen molar-refractivity contribution in [3.63, 3.8) is 0 Å². The zero-order valence-corrected chi connectivity index (χ0v) is 20.3. The van der Waals surface area contributed by atoms with Gasteiger partial charge >= 0.3 is 6.03 Å². The molecule has 0 aliphatic carbocycles. The van der Waals surface area contributed by atoms with Crippen molar-refractivity contribution in [3.8, 4) is 5.75 Å². The molecular formula is C30H25N3O4. The van der Waals surface area contributed by atoms with Gasteiger partial charge in [0.1, 0.15) is 24.4 Å². The van der Waals surface area contributed by atoms with Crippen molar-refractivity contribution in [3.05, 3.63) is 108 Å². The van der Waals surface area contributed by atoms with Gasteiger partial charge in [-0.3, -0.25) is 19.4 Å². The second-order valence-electron chi connectivity index (χ2n) is 9.48. The van der Waals surface area contributed by atoms with E-state index in [1.165, 1.54) is 0 Å². The van der Waals surface area contributed by atoms with E-state index in [0.29, 0.717) is 17.0 Å². The van der Waals surface area contributed by atoms with Gasteiger partial charge in [0.2, 0.25) is 5.91 Å². The first-order valence-corrected chi connectivity index (χ1v) is 12.2. The predicted molar refractivity (Wildman–Crippen MR) is 140 cm³/mol. The first kappa shape index (κ1) is 22.8. The number of ether oxygens (including phenoxy) is 1. The molecular weight excluding hydrogens is 466 g/mol. The van der Waals surface area contributed by atoms with Crippen molar-refractivity contribution in [2.75, 3.05) is 18.1 Å². The van der Waals surface area contributed by atoms with Crippen LogP contribution in [0.15, 0.2) is 97.1 Å². The van der Waals surface area contributed by atoms with Crippen LogP contribution in [-0.2, 0) is 15.1 Å². The lowest BCUT2D eigenvalue weighted by Gasteiger charge is -2.37. The van der Waals surface area contributed by atoms with Crippen molar-refractivity contribution in [1.82, 2.24) is 10.2 Å². The summed E-state index contributed by atoms with van der Waals surface area (Å²) in [6.45, 7) is 1.56. The highest BCUT2D eigenvalue weighted by Crippen LogP contribution is 2.40. The molecule has 37 heavy (non-hydrogen) atoms. The van der Waals surface area contributed by atoms with Crippen LogP contribution in [0.2, 0.25) is 0 Å². The Labute approximate surface area is 214 Å². The topological polar surface area (TPSA) is 79.0 Å². The summed E-state index contributed by atoms with van der Waals surface area (Å²) >= 11 is 0. The molecule has 2 heterocycles. The Kier molecular flexibility index (Phi) is 5.41. The minimum Gasteiger partial charge on any atom is -0.489 e. The van der Waals surface area contributed by atoms with Crippen LogP contribution in [0.25, 0.3) is 10.8 Å². The molecule has 2 atom stereocenters. The summed E-state index contributed by atoms with van der Waals surface area (Å²) in [6, 6.07) is 29.4. The van der Waals surface area contributed by atoms with E-state index in [4.69, 9.17) is 4.74 Å². The Hall–Kier alpha value is -4.65. The number of hydrogen-bond acceptors (Lipinski definition) is 4. The lowest BCUT2D eigenvalue weighted by Crippen LogP contribution is -2.48. The molecule has 0 aromatic heterocycles. The standard InChI is InChI=1S/C30H25N3O4/c1-30(23-16-15-20-9-5-6-12-22(20)17-23)28(35)32(29(36)31-30)18-27(34)33-24-13-7-8-14-26(24)37-19-25(33)21-10-3-2-4-11-21/h2-17,25H,18-19H2,1H3,(H,31,36)/t25-,30-/m0/s1. The maximum Gasteiger partial charge on any atom is 0.325 e. The van der Waals surface area contributed by atoms with Gasteiger partial charge in [0, 0.05) is 0 Å². The van der Waals surface area contributed by atoms with Gasteiger partial charge in [0.15, 0.2) is 0 Å². The van der Waals surface area contributed by atoms with Gasteiger partial charge in [-0.25, -0.2) is 4.79 Å². The zero-order chi connectivity index (χ0) is 25.6. The first-order chi connectivity index (χ1) is 18.0. The molecule has 4 aromatic carbocycles. The minimum atomic E-state index is -1.27. The van der Waals surface area contributed by atoms with Crippen LogP contribution >= 0.6 is 0 Å². The molecule has 0 radical (unpaired) electrons. The smallest absolute Gasteiger partial charge is 0.325 e. The maximum atomic E-state index is 13.8. The van der Waals surface area contributed by atoms with E-state index >= 15 is 0 Å². The third-order valence-electron chi connectivity index (χ3n) is 7.18. The van der Waals surface area contributed by atoms with Gasteiger partial charge in [-0.2, -0.15) is 0 Å². The van der Waals surface area contributed by atoms with Crippen molar-refractivity contribution < 1.29 is 19.1 Å². The van der Waals surface area contributed by atoms with Crippen LogP contribution in [0.4, 0.5) is 10.5 Å². The Morgan fingerprint density at radius 1 is 0.919 bits per heavy atom. The van der Waals surface area contributed by atoms with Crippen molar-refractivity contribution in [2.45, 2.75) is 18.5 Å². The molecule has 4 amide bonds. The largest absolute Gasteiger partial charge is 0.489 e. The molecule has 0 unspecified atom stereocenters. The van der Waals surface area contributed by atoms with Crippen LogP contribution in [0.3, 0.4) is 0 Å². The number of hydrogen-bond donors (Lipinski definition) is 1. The lowest BCUT2D eigenvalue weighted by atomic mass is 9.90. The van der Waals surface area contributed by atoms with Crippen molar-refractivity contribution >= 4 is 34.3 Å². The van der Waals surface area contributed by atoms with Crippen LogP contribution < -0.4 is 15.0 Å². The summed E-state index contributed by atoms with van der Waals surface area (Å²) in [5.41, 5.74) is 0.905. The van der Waals surface area contributed by atoms with E-state index in [2.05, 4.69) is 5.32 Å². The maximum absolute atomic E-state index is 13.8. The zero-order valence-electron chi connectivity index (χ0n) is 20.3. The molecule has 7 nitrogen and oxygen atoms in total. The fourth-order valence-electron chi connectivity index (χ4n) is 5.17. The third-order valence-corrected chi connectivity index (χ3v) is 7.18. The number of carbonyl (C=O) groups excluding carboxylic acids is 3. The van der Waals surface area contributed by atoms with Gasteiger partial charge in [-0.15, -0.1) is 0 Å². The Morgan fingerprint density at radius 2 is 1.62 bits per heavy atom. The average Bonchev–Trinajstić information content (AvgIpc) is 3.16. The number of rotatable bonds is 4. The van der Waals surface area contributed by atoms with Crippen LogP contribution in [0.5, 0.6) is 5.75 Å². The number of urea groups is 1. The number of benzene rings is 4. The van der Waals surface area contributed by atoms with Gasteiger partial charge in [-0.05, 0) is 47.0 Å². The second kappa shape index (κ2) is 8.78. The number of fused-ring (bicyclic) bond motifs is 2. The summed E-state index contributed by atoms with van der Waals surface area (Å²) in [5.74, 6) is -0.240. The van der Waals surface area contributed by atoms with Gasteiger partial charge in [-0.1, -0.05) is 78.9 Å². The highest BCUT2D eigenvalue weighted by Gasteiger charge is 2.50. The molecule has 7 heteroatoms. The van der Waals surface area contributed by atoms with Gasteiger partial charge < -0.3 is 10.1 Å². The minimum absolute atomic E-state index is 0.266. The summed E-state index contributed by atoms with van der Waals surface area (Å²) < 4.78 is 5.96. The van der Waals surface area contributed by atoms with Crippen LogP contribution in [-0.4, -0.2) is 35.9 Å². The van der Waals surface area contributed by atoms with Crippen LogP contribution in [0, 0.1) is 0 Å². The fraction of sp³-hybridized carbons (Fsp3) is 0.167. The van der Waals surface area contributed by atoms with E-state index in [-0.39, 0.29) is 19.1 Å². The lowest BCUT2D eigenvalue weighted by molar-refractivity contribution is -0.134. The number of anilines is 1. The van der Waals surface area contributed by atoms with Crippen molar-refractivity contribution in [1.29, 1.82) is 0 Å². The molecule has 0 bridgehead atoms. The molecule has 1 N–H and O–H groups in total. The number of imide groups is 1. The number of carbonyl (C=O) groups is 3. The average molecular weight is 492 g/mol. The number of nitrogens with zero attached hydrogens (tertiary/aromatic N) is 2. The molecule has 2 aliphatic rings. The quantitative estimate of drug-likeness (QED) is 0.417. The Bertz CT molecular complexity index is 1540. The Balaban J connectivity index is 1.31. The summed E-state index contributed by atoms with van der Waals surface area (Å²) in [5, 5.41) is 4.83. The molecule has 1 fully saturated rings. The van der Waals surface area contributed by atoms with E-state index in [9.17, 15) is 14.4 Å². The summed E-state index contributed by atoms with van der Waals surface area (Å²) in [7, 11) is 0. The summed E-state index contributed by atoms with van der Waals surface area (Å²) in [4.78, 5) is 43.1. The second-order valence-corrected chi connectivity index (χ2v) is 9.48. The SMILES string of the molecule is C[C@@]1(c2ccc3ccccc3c2)NC(=O)N(CC(=O)N2c3ccccc3OC[C@H]2c2ccccc2)C1=O. The molecule has 1 saturated heterocycles. The molecule has 184 valence electrons. The van der Waals surface area contributed by atoms with E-state index in [0.717, 1.165) is 21.2 Å². The number of nitrogens with one attached hydrogen (secondary N) is 1. The normalized spacial score (nSPS) is 20.9. The molecule has 0 saturated carbocycles. The fourth-order valence-corrected chi connectivity index (χ4v) is 5.17. The number of amides is 4. The summed E-state index contributed by atoms with van der Waals surface area (Å²) in [6.07, 6.45) is 0. The van der Waals surface area contributed by atoms with E-state index < -0.39 is 23.5 Å². The number of para-hydroxylation sites is 2. The van der Waals surface area contributed by atoms with Gasteiger partial charge in [0.05, 0.1) is 11.7 Å². The molecule has 6 rings (SSSR count). The highest BCUT2D eigenvalue weighted by atomic mass is 16.5. The monoisotopic (exact) mass is 491 g/mol. The highest BCUT2D eigenvalue weighted by molar-refractivity contribution is 6.11.